The monoisotopic (exact) mass is 431 g/mol. The fourth-order valence-corrected chi connectivity index (χ4v) is 4.49. The number of aliphatic hydroxyl groups excluding tert-OH is 1. The topological polar surface area (TPSA) is 82.1 Å². The van der Waals surface area contributed by atoms with Gasteiger partial charge in [0.25, 0.3) is 5.91 Å². The molecule has 0 saturated heterocycles. The van der Waals surface area contributed by atoms with Crippen LogP contribution in [0.5, 0.6) is 5.75 Å². The SMILES string of the molecule is C[C@H](CO)N1C[C@H](C)[C@H](CN(C)C)Oc2ccc(NC(=O)C3CCCCC3)cc2C1=O. The molecule has 1 aromatic rings. The first-order chi connectivity index (χ1) is 14.8. The lowest BCUT2D eigenvalue weighted by molar-refractivity contribution is -0.120. The second kappa shape index (κ2) is 10.5. The molecule has 0 aromatic heterocycles. The number of rotatable bonds is 6. The van der Waals surface area contributed by atoms with E-state index in [9.17, 15) is 14.7 Å². The first-order valence-corrected chi connectivity index (χ1v) is 11.5. The van der Waals surface area contributed by atoms with Crippen LogP contribution >= 0.6 is 0 Å². The minimum atomic E-state index is -0.304. The summed E-state index contributed by atoms with van der Waals surface area (Å²) in [6, 6.07) is 5.01. The van der Waals surface area contributed by atoms with Gasteiger partial charge in [-0.25, -0.2) is 0 Å². The van der Waals surface area contributed by atoms with E-state index in [0.29, 0.717) is 23.5 Å². The van der Waals surface area contributed by atoms with Crippen molar-refractivity contribution in [2.75, 3.05) is 39.1 Å². The molecule has 1 heterocycles. The zero-order valence-corrected chi connectivity index (χ0v) is 19.3. The lowest BCUT2D eigenvalue weighted by atomic mass is 9.88. The van der Waals surface area contributed by atoms with E-state index >= 15 is 0 Å². The van der Waals surface area contributed by atoms with Crippen LogP contribution in [0, 0.1) is 11.8 Å². The van der Waals surface area contributed by atoms with E-state index in [1.54, 1.807) is 17.0 Å². The van der Waals surface area contributed by atoms with E-state index < -0.39 is 0 Å². The van der Waals surface area contributed by atoms with Gasteiger partial charge >= 0.3 is 0 Å². The van der Waals surface area contributed by atoms with E-state index in [1.165, 1.54) is 6.42 Å². The lowest BCUT2D eigenvalue weighted by Crippen LogP contribution is -2.49. The Morgan fingerprint density at radius 1 is 1.29 bits per heavy atom. The Hall–Kier alpha value is -2.12. The van der Waals surface area contributed by atoms with Gasteiger partial charge in [-0.1, -0.05) is 26.2 Å². The van der Waals surface area contributed by atoms with Gasteiger partial charge < -0.3 is 25.0 Å². The molecule has 31 heavy (non-hydrogen) atoms. The quantitative estimate of drug-likeness (QED) is 0.724. The minimum Gasteiger partial charge on any atom is -0.488 e. The van der Waals surface area contributed by atoms with Crippen molar-refractivity contribution in [3.05, 3.63) is 23.8 Å². The van der Waals surface area contributed by atoms with Crippen LogP contribution in [0.25, 0.3) is 0 Å². The van der Waals surface area contributed by atoms with Gasteiger partial charge in [-0.05, 0) is 52.1 Å². The van der Waals surface area contributed by atoms with E-state index in [-0.39, 0.29) is 42.4 Å². The number of hydrogen-bond donors (Lipinski definition) is 2. The van der Waals surface area contributed by atoms with Gasteiger partial charge in [0.2, 0.25) is 5.91 Å². The molecule has 0 radical (unpaired) electrons. The highest BCUT2D eigenvalue weighted by Crippen LogP contribution is 2.31. The third-order valence-electron chi connectivity index (χ3n) is 6.45. The molecule has 0 bridgehead atoms. The third kappa shape index (κ3) is 5.77. The fourth-order valence-electron chi connectivity index (χ4n) is 4.49. The summed E-state index contributed by atoms with van der Waals surface area (Å²) in [7, 11) is 4.00. The molecule has 2 aliphatic rings. The molecule has 1 aliphatic carbocycles. The van der Waals surface area contributed by atoms with Crippen molar-refractivity contribution in [1.82, 2.24) is 9.80 Å². The van der Waals surface area contributed by atoms with Crippen molar-refractivity contribution in [3.63, 3.8) is 0 Å². The molecule has 1 aliphatic heterocycles. The molecule has 1 aromatic carbocycles. The second-order valence-electron chi connectivity index (χ2n) is 9.42. The highest BCUT2D eigenvalue weighted by atomic mass is 16.5. The van der Waals surface area contributed by atoms with Gasteiger partial charge in [0.1, 0.15) is 11.9 Å². The first-order valence-electron chi connectivity index (χ1n) is 11.5. The lowest BCUT2D eigenvalue weighted by Gasteiger charge is -2.37. The Bertz CT molecular complexity index is 776. The van der Waals surface area contributed by atoms with Gasteiger partial charge in [-0.15, -0.1) is 0 Å². The third-order valence-corrected chi connectivity index (χ3v) is 6.45. The minimum absolute atomic E-state index is 0.0264. The molecule has 2 amide bonds. The Labute approximate surface area is 185 Å². The molecular formula is C24H37N3O4. The number of nitrogens with one attached hydrogen (secondary N) is 1. The van der Waals surface area contributed by atoms with E-state index in [1.807, 2.05) is 27.1 Å². The Morgan fingerprint density at radius 2 is 2.00 bits per heavy atom. The van der Waals surface area contributed by atoms with E-state index in [4.69, 9.17) is 4.74 Å². The summed E-state index contributed by atoms with van der Waals surface area (Å²) in [5.74, 6) is 0.506. The van der Waals surface area contributed by atoms with Crippen LogP contribution in [0.4, 0.5) is 5.69 Å². The standard InChI is InChI=1S/C24H37N3O4/c1-16-13-27(17(2)15-28)24(30)20-12-19(25-23(29)18-8-6-5-7-9-18)10-11-21(20)31-22(16)14-26(3)4/h10-12,16-18,22,28H,5-9,13-15H2,1-4H3,(H,25,29)/t16-,17+,22-/m0/s1. The normalized spacial score (nSPS) is 23.5. The molecule has 3 atom stereocenters. The maximum Gasteiger partial charge on any atom is 0.258 e. The zero-order chi connectivity index (χ0) is 22.5. The summed E-state index contributed by atoms with van der Waals surface area (Å²) in [6.07, 6.45) is 5.12. The van der Waals surface area contributed by atoms with Crippen LogP contribution in [0.1, 0.15) is 56.3 Å². The van der Waals surface area contributed by atoms with E-state index in [0.717, 1.165) is 32.2 Å². The van der Waals surface area contributed by atoms with Crippen LogP contribution in [0.15, 0.2) is 18.2 Å². The highest BCUT2D eigenvalue weighted by Gasteiger charge is 2.33. The van der Waals surface area contributed by atoms with Crippen LogP contribution in [-0.4, -0.2) is 72.7 Å². The number of likely N-dealkylation sites (N-methyl/N-ethyl adjacent to an activating group) is 1. The number of ether oxygens (including phenoxy) is 1. The molecular weight excluding hydrogens is 394 g/mol. The van der Waals surface area contributed by atoms with Crippen molar-refractivity contribution in [1.29, 1.82) is 0 Å². The zero-order valence-electron chi connectivity index (χ0n) is 19.3. The number of nitrogens with zero attached hydrogens (tertiary/aromatic N) is 2. The molecule has 3 rings (SSSR count). The maximum atomic E-state index is 13.4. The number of anilines is 1. The largest absolute Gasteiger partial charge is 0.488 e. The predicted octanol–water partition coefficient (Wildman–Crippen LogP) is 2.99. The summed E-state index contributed by atoms with van der Waals surface area (Å²) in [5.41, 5.74) is 1.04. The van der Waals surface area contributed by atoms with Gasteiger partial charge in [0.05, 0.1) is 18.2 Å². The molecule has 0 spiro atoms. The smallest absolute Gasteiger partial charge is 0.258 e. The Morgan fingerprint density at radius 3 is 2.65 bits per heavy atom. The van der Waals surface area contributed by atoms with Crippen molar-refractivity contribution in [3.8, 4) is 5.75 Å². The van der Waals surface area contributed by atoms with Crippen LogP contribution in [-0.2, 0) is 4.79 Å². The van der Waals surface area contributed by atoms with Gasteiger partial charge in [-0.3, -0.25) is 9.59 Å². The number of benzene rings is 1. The number of aliphatic hydroxyl groups is 1. The summed E-state index contributed by atoms with van der Waals surface area (Å²) >= 11 is 0. The highest BCUT2D eigenvalue weighted by molar-refractivity contribution is 6.00. The summed E-state index contributed by atoms with van der Waals surface area (Å²) < 4.78 is 6.30. The molecule has 1 saturated carbocycles. The van der Waals surface area contributed by atoms with E-state index in [2.05, 4.69) is 17.1 Å². The molecule has 7 heteroatoms. The maximum absolute atomic E-state index is 13.4. The summed E-state index contributed by atoms with van der Waals surface area (Å²) in [4.78, 5) is 29.9. The molecule has 0 unspecified atom stereocenters. The average molecular weight is 432 g/mol. The van der Waals surface area contributed by atoms with Crippen LogP contribution in [0.3, 0.4) is 0 Å². The summed E-state index contributed by atoms with van der Waals surface area (Å²) in [5, 5.41) is 12.7. The molecule has 2 N–H and O–H groups in total. The number of amides is 2. The second-order valence-corrected chi connectivity index (χ2v) is 9.42. The molecule has 1 fully saturated rings. The van der Waals surface area contributed by atoms with Crippen LogP contribution < -0.4 is 10.1 Å². The Balaban J connectivity index is 1.90. The number of hydrogen-bond acceptors (Lipinski definition) is 5. The molecule has 7 nitrogen and oxygen atoms in total. The molecule has 172 valence electrons. The van der Waals surface area contributed by atoms with Crippen molar-refractivity contribution >= 4 is 17.5 Å². The average Bonchev–Trinajstić information content (AvgIpc) is 2.76. The van der Waals surface area contributed by atoms with Crippen molar-refractivity contribution in [2.24, 2.45) is 11.8 Å². The summed E-state index contributed by atoms with van der Waals surface area (Å²) in [6.45, 7) is 5.03. The fraction of sp³-hybridized carbons (Fsp3) is 0.667. The van der Waals surface area contributed by atoms with Gasteiger partial charge in [0.15, 0.2) is 0 Å². The van der Waals surface area contributed by atoms with Gasteiger partial charge in [0, 0.05) is 30.6 Å². The van der Waals surface area contributed by atoms with Gasteiger partial charge in [-0.2, -0.15) is 0 Å². The number of carbonyl (C=O) groups excluding carboxylic acids is 2. The first kappa shape index (κ1) is 23.5. The number of carbonyl (C=O) groups is 2. The van der Waals surface area contributed by atoms with Crippen molar-refractivity contribution < 1.29 is 19.4 Å². The predicted molar refractivity (Wildman–Crippen MR) is 121 cm³/mol. The van der Waals surface area contributed by atoms with Crippen LogP contribution in [0.2, 0.25) is 0 Å². The van der Waals surface area contributed by atoms with Crippen molar-refractivity contribution in [2.45, 2.75) is 58.1 Å². The Kier molecular flexibility index (Phi) is 7.94. The number of fused-ring (bicyclic) bond motifs is 1.